The minimum absolute atomic E-state index is 0.173. The van der Waals surface area contributed by atoms with Gasteiger partial charge in [-0.05, 0) is 37.6 Å². The Balaban J connectivity index is 2.07. The summed E-state index contributed by atoms with van der Waals surface area (Å²) >= 11 is 0. The second-order valence-corrected chi connectivity index (χ2v) is 4.72. The van der Waals surface area contributed by atoms with Crippen LogP contribution in [0.1, 0.15) is 30.7 Å². The molecule has 1 unspecified atom stereocenters. The lowest BCUT2D eigenvalue weighted by Crippen LogP contribution is -2.36. The maximum absolute atomic E-state index is 11.9. The molecular weight excluding hydrogens is 228 g/mol. The van der Waals surface area contributed by atoms with Crippen LogP contribution in [-0.4, -0.2) is 42.6 Å². The SMILES string of the molecule is COC(=O)C(CN1CCCCC1)c1cccnc1. The van der Waals surface area contributed by atoms with E-state index in [1.54, 1.807) is 12.4 Å². The Labute approximate surface area is 108 Å². The van der Waals surface area contributed by atoms with Gasteiger partial charge in [-0.3, -0.25) is 9.78 Å². The van der Waals surface area contributed by atoms with E-state index in [0.717, 1.165) is 25.2 Å². The molecule has 0 N–H and O–H groups in total. The number of nitrogens with zero attached hydrogens (tertiary/aromatic N) is 2. The van der Waals surface area contributed by atoms with Gasteiger partial charge < -0.3 is 9.64 Å². The number of pyridine rings is 1. The minimum Gasteiger partial charge on any atom is -0.469 e. The van der Waals surface area contributed by atoms with Crippen LogP contribution in [0, 0.1) is 0 Å². The van der Waals surface area contributed by atoms with Gasteiger partial charge in [-0.25, -0.2) is 0 Å². The number of piperidine rings is 1. The maximum atomic E-state index is 11.9. The first-order valence-corrected chi connectivity index (χ1v) is 6.51. The fraction of sp³-hybridized carbons (Fsp3) is 0.571. The predicted octanol–water partition coefficient (Wildman–Crippen LogP) is 1.82. The highest BCUT2D eigenvalue weighted by atomic mass is 16.5. The van der Waals surface area contributed by atoms with Gasteiger partial charge in [0.1, 0.15) is 0 Å². The Hall–Kier alpha value is -1.42. The molecule has 1 aliphatic heterocycles. The van der Waals surface area contributed by atoms with Gasteiger partial charge in [0.15, 0.2) is 0 Å². The Morgan fingerprint density at radius 3 is 2.83 bits per heavy atom. The predicted molar refractivity (Wildman–Crippen MR) is 69.3 cm³/mol. The molecule has 1 aromatic heterocycles. The number of esters is 1. The van der Waals surface area contributed by atoms with E-state index < -0.39 is 0 Å². The monoisotopic (exact) mass is 248 g/mol. The number of aromatic nitrogens is 1. The van der Waals surface area contributed by atoms with Gasteiger partial charge in [0.2, 0.25) is 0 Å². The van der Waals surface area contributed by atoms with Crippen molar-refractivity contribution in [3.05, 3.63) is 30.1 Å². The number of rotatable bonds is 4. The summed E-state index contributed by atoms with van der Waals surface area (Å²) < 4.78 is 4.91. The topological polar surface area (TPSA) is 42.4 Å². The summed E-state index contributed by atoms with van der Waals surface area (Å²) in [4.78, 5) is 18.3. The highest BCUT2D eigenvalue weighted by Gasteiger charge is 2.25. The van der Waals surface area contributed by atoms with E-state index in [4.69, 9.17) is 4.74 Å². The molecule has 0 aliphatic carbocycles. The third-order valence-corrected chi connectivity index (χ3v) is 3.46. The van der Waals surface area contributed by atoms with Crippen molar-refractivity contribution >= 4 is 5.97 Å². The zero-order valence-electron chi connectivity index (χ0n) is 10.8. The van der Waals surface area contributed by atoms with Crippen molar-refractivity contribution in [2.24, 2.45) is 0 Å². The van der Waals surface area contributed by atoms with Gasteiger partial charge in [-0.1, -0.05) is 12.5 Å². The molecule has 0 bridgehead atoms. The third kappa shape index (κ3) is 3.29. The van der Waals surface area contributed by atoms with Crippen molar-refractivity contribution in [1.29, 1.82) is 0 Å². The molecule has 98 valence electrons. The van der Waals surface area contributed by atoms with Gasteiger partial charge in [0.05, 0.1) is 13.0 Å². The minimum atomic E-state index is -0.221. The van der Waals surface area contributed by atoms with Crippen LogP contribution in [0.4, 0.5) is 0 Å². The Morgan fingerprint density at radius 1 is 1.44 bits per heavy atom. The van der Waals surface area contributed by atoms with Crippen LogP contribution < -0.4 is 0 Å². The number of ether oxygens (including phenoxy) is 1. The summed E-state index contributed by atoms with van der Waals surface area (Å²) in [6.45, 7) is 2.89. The van der Waals surface area contributed by atoms with Crippen LogP contribution in [0.5, 0.6) is 0 Å². The molecular formula is C14H20N2O2. The van der Waals surface area contributed by atoms with E-state index in [9.17, 15) is 4.79 Å². The van der Waals surface area contributed by atoms with Gasteiger partial charge in [0, 0.05) is 18.9 Å². The average Bonchev–Trinajstić information content (AvgIpc) is 2.46. The van der Waals surface area contributed by atoms with Crippen LogP contribution in [0.2, 0.25) is 0 Å². The lowest BCUT2D eigenvalue weighted by atomic mass is 9.99. The van der Waals surface area contributed by atoms with Crippen molar-refractivity contribution in [3.63, 3.8) is 0 Å². The molecule has 0 spiro atoms. The summed E-state index contributed by atoms with van der Waals surface area (Å²) in [6.07, 6.45) is 7.22. The molecule has 4 nitrogen and oxygen atoms in total. The van der Waals surface area contributed by atoms with E-state index in [1.807, 2.05) is 12.1 Å². The third-order valence-electron chi connectivity index (χ3n) is 3.46. The molecule has 1 atom stereocenters. The molecule has 0 aromatic carbocycles. The number of likely N-dealkylation sites (tertiary alicyclic amines) is 1. The quantitative estimate of drug-likeness (QED) is 0.762. The zero-order chi connectivity index (χ0) is 12.8. The van der Waals surface area contributed by atoms with Gasteiger partial charge in [-0.15, -0.1) is 0 Å². The maximum Gasteiger partial charge on any atom is 0.314 e. The summed E-state index contributed by atoms with van der Waals surface area (Å²) in [5, 5.41) is 0. The number of hydrogen-bond acceptors (Lipinski definition) is 4. The largest absolute Gasteiger partial charge is 0.469 e. The van der Waals surface area contributed by atoms with Crippen LogP contribution in [0.25, 0.3) is 0 Å². The van der Waals surface area contributed by atoms with Crippen molar-refractivity contribution in [2.45, 2.75) is 25.2 Å². The first-order valence-electron chi connectivity index (χ1n) is 6.51. The van der Waals surface area contributed by atoms with Crippen LogP contribution in [0.15, 0.2) is 24.5 Å². The molecule has 1 aliphatic rings. The Kier molecular flexibility index (Phi) is 4.70. The summed E-state index contributed by atoms with van der Waals surface area (Å²) in [5.41, 5.74) is 0.940. The van der Waals surface area contributed by atoms with Gasteiger partial charge in [0.25, 0.3) is 0 Å². The number of hydrogen-bond donors (Lipinski definition) is 0. The van der Waals surface area contributed by atoms with E-state index in [1.165, 1.54) is 26.4 Å². The molecule has 2 rings (SSSR count). The Morgan fingerprint density at radius 2 is 2.22 bits per heavy atom. The molecule has 2 heterocycles. The molecule has 0 saturated carbocycles. The zero-order valence-corrected chi connectivity index (χ0v) is 10.8. The smallest absolute Gasteiger partial charge is 0.314 e. The molecule has 0 radical (unpaired) electrons. The highest BCUT2D eigenvalue weighted by Crippen LogP contribution is 2.20. The fourth-order valence-corrected chi connectivity index (χ4v) is 2.44. The van der Waals surface area contributed by atoms with Gasteiger partial charge >= 0.3 is 5.97 Å². The van der Waals surface area contributed by atoms with Crippen molar-refractivity contribution in [2.75, 3.05) is 26.7 Å². The number of methoxy groups -OCH3 is 1. The molecule has 1 saturated heterocycles. The van der Waals surface area contributed by atoms with E-state index in [-0.39, 0.29) is 11.9 Å². The second-order valence-electron chi connectivity index (χ2n) is 4.72. The highest BCUT2D eigenvalue weighted by molar-refractivity contribution is 5.78. The van der Waals surface area contributed by atoms with E-state index in [2.05, 4.69) is 9.88 Å². The van der Waals surface area contributed by atoms with Gasteiger partial charge in [-0.2, -0.15) is 0 Å². The Bertz CT molecular complexity index is 375. The normalized spacial score (nSPS) is 18.3. The van der Waals surface area contributed by atoms with Crippen LogP contribution in [0.3, 0.4) is 0 Å². The lowest BCUT2D eigenvalue weighted by molar-refractivity contribution is -0.143. The standard InChI is InChI=1S/C14H20N2O2/c1-18-14(17)13(12-6-5-7-15-10-12)11-16-8-3-2-4-9-16/h5-7,10,13H,2-4,8-9,11H2,1H3. The average molecular weight is 248 g/mol. The van der Waals surface area contributed by atoms with Crippen molar-refractivity contribution in [1.82, 2.24) is 9.88 Å². The van der Waals surface area contributed by atoms with E-state index in [0.29, 0.717) is 0 Å². The van der Waals surface area contributed by atoms with Crippen LogP contribution in [-0.2, 0) is 9.53 Å². The first kappa shape index (κ1) is 13.0. The molecule has 4 heteroatoms. The van der Waals surface area contributed by atoms with Crippen LogP contribution >= 0.6 is 0 Å². The fourth-order valence-electron chi connectivity index (χ4n) is 2.44. The summed E-state index contributed by atoms with van der Waals surface area (Å²) in [6, 6.07) is 3.81. The van der Waals surface area contributed by atoms with E-state index >= 15 is 0 Å². The number of carbonyl (C=O) groups is 1. The molecule has 18 heavy (non-hydrogen) atoms. The molecule has 0 amide bonds. The van der Waals surface area contributed by atoms with Crippen molar-refractivity contribution in [3.8, 4) is 0 Å². The lowest BCUT2D eigenvalue weighted by Gasteiger charge is -2.29. The van der Waals surface area contributed by atoms with Crippen molar-refractivity contribution < 1.29 is 9.53 Å². The summed E-state index contributed by atoms with van der Waals surface area (Å²) in [5.74, 6) is -0.393. The number of carbonyl (C=O) groups excluding carboxylic acids is 1. The summed E-state index contributed by atoms with van der Waals surface area (Å²) in [7, 11) is 1.45. The second kappa shape index (κ2) is 6.50. The molecule has 1 fully saturated rings. The molecule has 1 aromatic rings. The first-order chi connectivity index (χ1) is 8.81.